The van der Waals surface area contributed by atoms with Crippen LogP contribution in [0.25, 0.3) is 0 Å². The van der Waals surface area contributed by atoms with E-state index in [-0.39, 0.29) is 6.10 Å². The van der Waals surface area contributed by atoms with Crippen LogP contribution in [-0.4, -0.2) is 11.2 Å². The summed E-state index contributed by atoms with van der Waals surface area (Å²) in [5.74, 6) is 3.00. The van der Waals surface area contributed by atoms with Gasteiger partial charge in [0.25, 0.3) is 0 Å². The first-order valence-corrected chi connectivity index (χ1v) is 7.38. The zero-order valence-electron chi connectivity index (χ0n) is 11.3. The molecule has 0 aromatic carbocycles. The van der Waals surface area contributed by atoms with E-state index in [1.165, 1.54) is 44.1 Å². The van der Waals surface area contributed by atoms with Crippen molar-refractivity contribution in [3.8, 4) is 0 Å². The summed E-state index contributed by atoms with van der Waals surface area (Å²) in [6.45, 7) is 4.17. The lowest BCUT2D eigenvalue weighted by Gasteiger charge is -2.57. The molecular formula is C16H26O. The van der Waals surface area contributed by atoms with E-state index >= 15 is 0 Å². The lowest BCUT2D eigenvalue weighted by Crippen LogP contribution is -2.47. The molecule has 96 valence electrons. The molecule has 1 nitrogen and oxygen atoms in total. The molecule has 4 saturated carbocycles. The molecule has 0 radical (unpaired) electrons. The van der Waals surface area contributed by atoms with E-state index < -0.39 is 0 Å². The summed E-state index contributed by atoms with van der Waals surface area (Å²) < 4.78 is 0. The Kier molecular flexibility index (Phi) is 2.85. The minimum atomic E-state index is -0.198. The molecule has 1 atom stereocenters. The van der Waals surface area contributed by atoms with Crippen molar-refractivity contribution < 1.29 is 5.11 Å². The number of hydrogen-bond donors (Lipinski definition) is 1. The Morgan fingerprint density at radius 2 is 1.59 bits per heavy atom. The monoisotopic (exact) mass is 234 g/mol. The van der Waals surface area contributed by atoms with Crippen LogP contribution < -0.4 is 0 Å². The molecule has 0 heterocycles. The maximum atomic E-state index is 10.2. The Balaban J connectivity index is 1.72. The quantitative estimate of drug-likeness (QED) is 0.734. The fourth-order valence-corrected chi connectivity index (χ4v) is 5.43. The molecule has 17 heavy (non-hydrogen) atoms. The van der Waals surface area contributed by atoms with Gasteiger partial charge in [0.05, 0.1) is 6.10 Å². The van der Waals surface area contributed by atoms with E-state index in [4.69, 9.17) is 0 Å². The third kappa shape index (κ3) is 2.31. The van der Waals surface area contributed by atoms with Crippen molar-refractivity contribution in [1.29, 1.82) is 0 Å². The molecule has 4 rings (SSSR count). The highest BCUT2D eigenvalue weighted by Gasteiger charge is 2.50. The van der Waals surface area contributed by atoms with Gasteiger partial charge in [-0.2, -0.15) is 0 Å². The zero-order valence-corrected chi connectivity index (χ0v) is 11.3. The highest BCUT2D eigenvalue weighted by molar-refractivity contribution is 5.05. The fraction of sp³-hybridized carbons (Fsp3) is 0.875. The minimum absolute atomic E-state index is 0.198. The van der Waals surface area contributed by atoms with Crippen LogP contribution in [0.15, 0.2) is 11.6 Å². The predicted molar refractivity (Wildman–Crippen MR) is 70.7 cm³/mol. The van der Waals surface area contributed by atoms with Crippen LogP contribution in [-0.2, 0) is 0 Å². The largest absolute Gasteiger partial charge is 0.389 e. The summed E-state index contributed by atoms with van der Waals surface area (Å²) in [5, 5.41) is 10.2. The first kappa shape index (κ1) is 11.8. The van der Waals surface area contributed by atoms with Gasteiger partial charge in [-0.15, -0.1) is 0 Å². The van der Waals surface area contributed by atoms with Gasteiger partial charge in [-0.05, 0) is 82.0 Å². The van der Waals surface area contributed by atoms with Gasteiger partial charge in [0.1, 0.15) is 0 Å². The van der Waals surface area contributed by atoms with Gasteiger partial charge in [0.15, 0.2) is 0 Å². The Bertz CT molecular complexity index is 289. The minimum Gasteiger partial charge on any atom is -0.389 e. The van der Waals surface area contributed by atoms with Gasteiger partial charge in [-0.3, -0.25) is 0 Å². The van der Waals surface area contributed by atoms with Gasteiger partial charge < -0.3 is 5.11 Å². The summed E-state index contributed by atoms with van der Waals surface area (Å²) in [5.41, 5.74) is 1.77. The van der Waals surface area contributed by atoms with Crippen molar-refractivity contribution in [2.75, 3.05) is 0 Å². The lowest BCUT2D eigenvalue weighted by molar-refractivity contribution is -0.0706. The molecule has 4 bridgehead atoms. The number of aliphatic hydroxyl groups is 1. The molecule has 4 fully saturated rings. The second-order valence-corrected chi connectivity index (χ2v) is 7.43. The van der Waals surface area contributed by atoms with E-state index in [1.807, 2.05) is 0 Å². The second kappa shape index (κ2) is 4.12. The van der Waals surface area contributed by atoms with Crippen LogP contribution >= 0.6 is 0 Å². The van der Waals surface area contributed by atoms with Crippen molar-refractivity contribution in [2.24, 2.45) is 23.2 Å². The average Bonchev–Trinajstić information content (AvgIpc) is 2.11. The van der Waals surface area contributed by atoms with Crippen LogP contribution in [0.3, 0.4) is 0 Å². The van der Waals surface area contributed by atoms with E-state index in [0.717, 1.165) is 24.2 Å². The summed E-state index contributed by atoms with van der Waals surface area (Å²) in [4.78, 5) is 0. The summed E-state index contributed by atoms with van der Waals surface area (Å²) in [6, 6.07) is 0. The molecule has 0 aromatic heterocycles. The average molecular weight is 234 g/mol. The van der Waals surface area contributed by atoms with Crippen molar-refractivity contribution >= 4 is 0 Å². The van der Waals surface area contributed by atoms with Gasteiger partial charge in [-0.25, -0.2) is 0 Å². The number of rotatable bonds is 3. The second-order valence-electron chi connectivity index (χ2n) is 7.43. The van der Waals surface area contributed by atoms with Crippen molar-refractivity contribution in [1.82, 2.24) is 0 Å². The molecule has 0 spiro atoms. The Morgan fingerprint density at radius 3 is 2.00 bits per heavy atom. The first-order valence-electron chi connectivity index (χ1n) is 7.38. The molecule has 0 aliphatic heterocycles. The fourth-order valence-electron chi connectivity index (χ4n) is 5.43. The molecule has 4 aliphatic rings. The topological polar surface area (TPSA) is 20.2 Å². The Morgan fingerprint density at radius 1 is 1.12 bits per heavy atom. The molecule has 1 heteroatoms. The normalized spacial score (nSPS) is 44.8. The maximum Gasteiger partial charge on any atom is 0.0728 e. The van der Waals surface area contributed by atoms with E-state index in [0.29, 0.717) is 5.41 Å². The predicted octanol–water partition coefficient (Wildman–Crippen LogP) is 3.92. The third-order valence-corrected chi connectivity index (χ3v) is 5.33. The van der Waals surface area contributed by atoms with Crippen LogP contribution in [0.1, 0.15) is 58.8 Å². The maximum absolute atomic E-state index is 10.2. The standard InChI is InChI=1S/C16H26O/c1-11(2)3-15(17)10-16-7-12-4-13(8-16)6-14(5-12)9-16/h3,12-15,17H,4-10H2,1-2H3. The van der Waals surface area contributed by atoms with Crippen molar-refractivity contribution in [3.05, 3.63) is 11.6 Å². The first-order chi connectivity index (χ1) is 8.05. The lowest BCUT2D eigenvalue weighted by atomic mass is 9.48. The van der Waals surface area contributed by atoms with Crippen LogP contribution in [0.2, 0.25) is 0 Å². The molecule has 0 amide bonds. The number of allylic oxidation sites excluding steroid dienone is 1. The third-order valence-electron chi connectivity index (χ3n) is 5.33. The Labute approximate surface area is 105 Å². The van der Waals surface area contributed by atoms with E-state index in [2.05, 4.69) is 19.9 Å². The molecule has 1 unspecified atom stereocenters. The van der Waals surface area contributed by atoms with Gasteiger partial charge in [-0.1, -0.05) is 11.6 Å². The van der Waals surface area contributed by atoms with Crippen molar-refractivity contribution in [3.63, 3.8) is 0 Å². The zero-order chi connectivity index (χ0) is 12.0. The number of hydrogen-bond acceptors (Lipinski definition) is 1. The highest BCUT2D eigenvalue weighted by atomic mass is 16.3. The summed E-state index contributed by atoms with van der Waals surface area (Å²) in [6.07, 6.45) is 11.6. The van der Waals surface area contributed by atoms with Gasteiger partial charge in [0, 0.05) is 0 Å². The molecular weight excluding hydrogens is 208 g/mol. The van der Waals surface area contributed by atoms with Crippen molar-refractivity contribution in [2.45, 2.75) is 64.9 Å². The van der Waals surface area contributed by atoms with Crippen LogP contribution in [0, 0.1) is 23.2 Å². The van der Waals surface area contributed by atoms with E-state index in [9.17, 15) is 5.11 Å². The summed E-state index contributed by atoms with van der Waals surface area (Å²) >= 11 is 0. The van der Waals surface area contributed by atoms with Gasteiger partial charge >= 0.3 is 0 Å². The SMILES string of the molecule is CC(C)=CC(O)CC12CC3CC(CC(C3)C1)C2. The molecule has 0 aromatic rings. The molecule has 4 aliphatic carbocycles. The van der Waals surface area contributed by atoms with Gasteiger partial charge in [0.2, 0.25) is 0 Å². The van der Waals surface area contributed by atoms with E-state index in [1.54, 1.807) is 0 Å². The molecule has 0 saturated heterocycles. The van der Waals surface area contributed by atoms with Crippen LogP contribution in [0.4, 0.5) is 0 Å². The number of aliphatic hydroxyl groups excluding tert-OH is 1. The molecule has 1 N–H and O–H groups in total. The summed E-state index contributed by atoms with van der Waals surface area (Å²) in [7, 11) is 0. The Hall–Kier alpha value is -0.300. The highest BCUT2D eigenvalue weighted by Crippen LogP contribution is 2.61. The van der Waals surface area contributed by atoms with Crippen LogP contribution in [0.5, 0.6) is 0 Å². The smallest absolute Gasteiger partial charge is 0.0728 e.